The van der Waals surface area contributed by atoms with Gasteiger partial charge >= 0.3 is 5.97 Å². The van der Waals surface area contributed by atoms with Crippen molar-refractivity contribution in [2.75, 3.05) is 17.7 Å². The SMILES string of the molecule is COC(=O)c1c(NC(=S)Nc2c(C)nn(Cc3ccc(Cl)cc3)c2C)sc2c1CCCCC2. The number of fused-ring (bicyclic) bond motifs is 1. The van der Waals surface area contributed by atoms with Crippen molar-refractivity contribution in [3.05, 3.63) is 62.2 Å². The van der Waals surface area contributed by atoms with Crippen molar-refractivity contribution in [3.63, 3.8) is 0 Å². The molecule has 1 aliphatic carbocycles. The van der Waals surface area contributed by atoms with E-state index in [0.717, 1.165) is 58.9 Å². The zero-order chi connectivity index (χ0) is 23.5. The number of nitrogens with one attached hydrogen (secondary N) is 2. The van der Waals surface area contributed by atoms with Gasteiger partial charge in [0.15, 0.2) is 5.11 Å². The molecule has 6 nitrogen and oxygen atoms in total. The minimum absolute atomic E-state index is 0.317. The fraction of sp³-hybridized carbons (Fsp3) is 0.375. The van der Waals surface area contributed by atoms with Gasteiger partial charge in [0.25, 0.3) is 0 Å². The van der Waals surface area contributed by atoms with Crippen LogP contribution in [0.15, 0.2) is 24.3 Å². The van der Waals surface area contributed by atoms with Crippen LogP contribution in [0.25, 0.3) is 0 Å². The first-order chi connectivity index (χ1) is 15.9. The van der Waals surface area contributed by atoms with Crippen molar-refractivity contribution in [3.8, 4) is 0 Å². The Labute approximate surface area is 208 Å². The molecule has 0 fully saturated rings. The Balaban J connectivity index is 1.53. The van der Waals surface area contributed by atoms with Gasteiger partial charge in [-0.15, -0.1) is 11.3 Å². The molecule has 0 unspecified atom stereocenters. The van der Waals surface area contributed by atoms with Gasteiger partial charge in [-0.1, -0.05) is 30.2 Å². The second kappa shape index (κ2) is 10.2. The number of rotatable bonds is 5. The van der Waals surface area contributed by atoms with Crippen molar-refractivity contribution < 1.29 is 9.53 Å². The zero-order valence-corrected chi connectivity index (χ0v) is 21.3. The Bertz CT molecular complexity index is 1180. The second-order valence-corrected chi connectivity index (χ2v) is 10.1. The first kappa shape index (κ1) is 23.7. The Kier molecular flexibility index (Phi) is 7.36. The average Bonchev–Trinajstić information content (AvgIpc) is 3.14. The van der Waals surface area contributed by atoms with Gasteiger partial charge in [0.2, 0.25) is 0 Å². The molecule has 2 N–H and O–H groups in total. The van der Waals surface area contributed by atoms with E-state index < -0.39 is 0 Å². The number of halogens is 1. The molecule has 9 heteroatoms. The number of hydrogen-bond donors (Lipinski definition) is 2. The van der Waals surface area contributed by atoms with Gasteiger partial charge in [0.05, 0.1) is 36.3 Å². The van der Waals surface area contributed by atoms with Crippen LogP contribution in [0.2, 0.25) is 5.02 Å². The van der Waals surface area contributed by atoms with Gasteiger partial charge in [0.1, 0.15) is 5.00 Å². The molecule has 0 aliphatic heterocycles. The summed E-state index contributed by atoms with van der Waals surface area (Å²) in [4.78, 5) is 13.8. The molecule has 174 valence electrons. The molecule has 0 radical (unpaired) electrons. The summed E-state index contributed by atoms with van der Waals surface area (Å²) in [7, 11) is 1.42. The maximum absolute atomic E-state index is 12.6. The number of benzene rings is 1. The van der Waals surface area contributed by atoms with Crippen molar-refractivity contribution in [1.82, 2.24) is 9.78 Å². The third-order valence-corrected chi connectivity index (χ3v) is 7.57. The molecule has 3 aromatic rings. The van der Waals surface area contributed by atoms with E-state index in [4.69, 9.17) is 28.6 Å². The van der Waals surface area contributed by atoms with Crippen LogP contribution in [0.4, 0.5) is 10.7 Å². The largest absolute Gasteiger partial charge is 0.465 e. The van der Waals surface area contributed by atoms with Crippen LogP contribution >= 0.6 is 35.2 Å². The van der Waals surface area contributed by atoms with Gasteiger partial charge in [-0.25, -0.2) is 4.79 Å². The molecule has 0 saturated carbocycles. The van der Waals surface area contributed by atoms with E-state index in [2.05, 4.69) is 15.7 Å². The molecular weight excluding hydrogens is 476 g/mol. The number of thiocarbonyl (C=S) groups is 1. The molecule has 0 saturated heterocycles. The smallest absolute Gasteiger partial charge is 0.341 e. The van der Waals surface area contributed by atoms with Crippen molar-refractivity contribution in [2.45, 2.75) is 52.5 Å². The van der Waals surface area contributed by atoms with Crippen LogP contribution in [0.5, 0.6) is 0 Å². The number of hydrogen-bond acceptors (Lipinski definition) is 5. The van der Waals surface area contributed by atoms with E-state index in [1.165, 1.54) is 18.4 Å². The van der Waals surface area contributed by atoms with Crippen LogP contribution in [0.1, 0.15) is 57.0 Å². The normalized spacial score (nSPS) is 13.2. The monoisotopic (exact) mass is 502 g/mol. The maximum Gasteiger partial charge on any atom is 0.341 e. The van der Waals surface area contributed by atoms with Crippen LogP contribution in [-0.2, 0) is 24.1 Å². The summed E-state index contributed by atoms with van der Waals surface area (Å²) in [6.07, 6.45) is 5.29. The molecule has 4 rings (SSSR count). The average molecular weight is 503 g/mol. The van der Waals surface area contributed by atoms with Gasteiger partial charge in [0, 0.05) is 9.90 Å². The Morgan fingerprint density at radius 2 is 1.91 bits per heavy atom. The first-order valence-corrected chi connectivity index (χ1v) is 12.6. The van der Waals surface area contributed by atoms with Crippen LogP contribution in [-0.4, -0.2) is 28.0 Å². The summed E-state index contributed by atoms with van der Waals surface area (Å²) < 4.78 is 7.03. The van der Waals surface area contributed by atoms with E-state index in [1.54, 1.807) is 11.3 Å². The van der Waals surface area contributed by atoms with Crippen LogP contribution in [0, 0.1) is 13.8 Å². The molecular formula is C24H27ClN4O2S2. The molecule has 2 aromatic heterocycles. The number of thiophene rings is 1. The lowest BCUT2D eigenvalue weighted by Crippen LogP contribution is -2.21. The number of carbonyl (C=O) groups is 1. The standard InChI is InChI=1S/C24H27ClN4O2S2/c1-14-21(15(2)29(28-14)13-16-9-11-17(25)12-10-16)26-24(32)27-22-20(23(30)31-3)18-7-5-4-6-8-19(18)33-22/h9-12H,4-8,13H2,1-3H3,(H2,26,27,32). The third-order valence-electron chi connectivity index (χ3n) is 5.90. The number of aryl methyl sites for hydroxylation is 2. The fourth-order valence-electron chi connectivity index (χ4n) is 4.19. The minimum Gasteiger partial charge on any atom is -0.465 e. The van der Waals surface area contributed by atoms with Crippen molar-refractivity contribution in [1.29, 1.82) is 0 Å². The zero-order valence-electron chi connectivity index (χ0n) is 19.0. The van der Waals surface area contributed by atoms with Gasteiger partial charge in [-0.3, -0.25) is 4.68 Å². The molecule has 0 spiro atoms. The summed E-state index contributed by atoms with van der Waals surface area (Å²) in [5, 5.41) is 13.1. The number of ether oxygens (including phenoxy) is 1. The Morgan fingerprint density at radius 3 is 2.64 bits per heavy atom. The molecule has 0 atom stereocenters. The lowest BCUT2D eigenvalue weighted by atomic mass is 10.1. The summed E-state index contributed by atoms with van der Waals surface area (Å²) >= 11 is 13.2. The number of methoxy groups -OCH3 is 1. The molecule has 0 amide bonds. The molecule has 1 aromatic carbocycles. The van der Waals surface area contributed by atoms with E-state index in [0.29, 0.717) is 22.2 Å². The molecule has 2 heterocycles. The number of esters is 1. The maximum atomic E-state index is 12.6. The lowest BCUT2D eigenvalue weighted by molar-refractivity contribution is 0.0601. The number of nitrogens with zero attached hydrogens (tertiary/aromatic N) is 2. The Morgan fingerprint density at radius 1 is 1.18 bits per heavy atom. The van der Waals surface area contributed by atoms with Gasteiger partial charge < -0.3 is 15.4 Å². The third kappa shape index (κ3) is 5.23. The number of carbonyl (C=O) groups excluding carboxylic acids is 1. The summed E-state index contributed by atoms with van der Waals surface area (Å²) in [5.41, 5.74) is 5.52. The fourth-order valence-corrected chi connectivity index (χ4v) is 5.87. The highest BCUT2D eigenvalue weighted by Crippen LogP contribution is 2.38. The van der Waals surface area contributed by atoms with Gasteiger partial charge in [-0.05, 0) is 75.0 Å². The summed E-state index contributed by atoms with van der Waals surface area (Å²) in [6.45, 7) is 4.59. The minimum atomic E-state index is -0.317. The molecule has 0 bridgehead atoms. The highest BCUT2D eigenvalue weighted by atomic mass is 35.5. The van der Waals surface area contributed by atoms with E-state index in [1.807, 2.05) is 42.8 Å². The van der Waals surface area contributed by atoms with E-state index >= 15 is 0 Å². The van der Waals surface area contributed by atoms with E-state index in [9.17, 15) is 4.79 Å². The molecule has 33 heavy (non-hydrogen) atoms. The molecule has 1 aliphatic rings. The number of aromatic nitrogens is 2. The number of anilines is 2. The summed E-state index contributed by atoms with van der Waals surface area (Å²) in [5.74, 6) is -0.317. The highest BCUT2D eigenvalue weighted by Gasteiger charge is 2.26. The van der Waals surface area contributed by atoms with Gasteiger partial charge in [-0.2, -0.15) is 5.10 Å². The van der Waals surface area contributed by atoms with E-state index in [-0.39, 0.29) is 5.97 Å². The Hall–Kier alpha value is -2.42. The predicted octanol–water partition coefficient (Wildman–Crippen LogP) is 6.13. The highest BCUT2D eigenvalue weighted by molar-refractivity contribution is 7.80. The lowest BCUT2D eigenvalue weighted by Gasteiger charge is -2.12. The van der Waals surface area contributed by atoms with Crippen molar-refractivity contribution >= 4 is 56.9 Å². The first-order valence-electron chi connectivity index (χ1n) is 11.0. The predicted molar refractivity (Wildman–Crippen MR) is 139 cm³/mol. The topological polar surface area (TPSA) is 68.2 Å². The quantitative estimate of drug-likeness (QED) is 0.248. The van der Waals surface area contributed by atoms with Crippen LogP contribution in [0.3, 0.4) is 0 Å². The van der Waals surface area contributed by atoms with Crippen LogP contribution < -0.4 is 10.6 Å². The summed E-state index contributed by atoms with van der Waals surface area (Å²) in [6, 6.07) is 7.74. The second-order valence-electron chi connectivity index (χ2n) is 8.17. The van der Waals surface area contributed by atoms with Crippen molar-refractivity contribution in [2.24, 2.45) is 0 Å².